The molecule has 0 fully saturated rings. The summed E-state index contributed by atoms with van der Waals surface area (Å²) in [6.07, 6.45) is 1.61. The predicted molar refractivity (Wildman–Crippen MR) is 78.6 cm³/mol. The Kier molecular flexibility index (Phi) is 3.28. The quantitative estimate of drug-likeness (QED) is 0.871. The van der Waals surface area contributed by atoms with Crippen molar-refractivity contribution in [3.8, 4) is 5.75 Å². The maximum Gasteiger partial charge on any atom is 0.208 e. The Morgan fingerprint density at radius 1 is 1.00 bits per heavy atom. The molecule has 5 heteroatoms. The van der Waals surface area contributed by atoms with Gasteiger partial charge in [0.2, 0.25) is 9.84 Å². The third-order valence-corrected chi connectivity index (χ3v) is 5.40. The smallest absolute Gasteiger partial charge is 0.208 e. The van der Waals surface area contributed by atoms with Crippen molar-refractivity contribution in [1.82, 2.24) is 0 Å². The molecule has 102 valence electrons. The van der Waals surface area contributed by atoms with Crippen LogP contribution >= 0.6 is 11.6 Å². The molecule has 3 nitrogen and oxygen atoms in total. The van der Waals surface area contributed by atoms with E-state index in [1.165, 1.54) is 0 Å². The number of fused-ring (bicyclic) bond motifs is 1. The fourth-order valence-electron chi connectivity index (χ4n) is 2.10. The van der Waals surface area contributed by atoms with Crippen LogP contribution in [-0.4, -0.2) is 15.0 Å². The lowest BCUT2D eigenvalue weighted by atomic mass is 10.2. The predicted octanol–water partition coefficient (Wildman–Crippen LogP) is 3.55. The zero-order valence-corrected chi connectivity index (χ0v) is 12.0. The summed E-state index contributed by atoms with van der Waals surface area (Å²) in [4.78, 5) is 0.401. The molecule has 0 amide bonds. The van der Waals surface area contributed by atoms with Gasteiger partial charge in [-0.1, -0.05) is 41.9 Å². The number of halogens is 1. The van der Waals surface area contributed by atoms with Gasteiger partial charge in [-0.15, -0.1) is 0 Å². The van der Waals surface area contributed by atoms with Gasteiger partial charge in [0, 0.05) is 0 Å². The van der Waals surface area contributed by atoms with Gasteiger partial charge in [-0.05, 0) is 29.8 Å². The van der Waals surface area contributed by atoms with Gasteiger partial charge in [-0.2, -0.15) is 0 Å². The molecule has 2 aromatic rings. The highest BCUT2D eigenvalue weighted by atomic mass is 35.5. The minimum Gasteiger partial charge on any atom is -0.488 e. The van der Waals surface area contributed by atoms with Gasteiger partial charge in [0.05, 0.1) is 14.8 Å². The van der Waals surface area contributed by atoms with Crippen LogP contribution in [0.25, 0.3) is 6.08 Å². The molecule has 1 heterocycles. The molecule has 1 aliphatic rings. The van der Waals surface area contributed by atoms with E-state index in [0.29, 0.717) is 11.3 Å². The highest BCUT2D eigenvalue weighted by Crippen LogP contribution is 2.37. The van der Waals surface area contributed by atoms with Crippen molar-refractivity contribution < 1.29 is 13.2 Å². The number of hydrogen-bond donors (Lipinski definition) is 0. The van der Waals surface area contributed by atoms with Crippen molar-refractivity contribution in [3.63, 3.8) is 0 Å². The SMILES string of the molecule is O=S1(=O)C(COc2ccccc2)=Cc2cccc(Cl)c21. The number of sulfone groups is 1. The van der Waals surface area contributed by atoms with Crippen molar-refractivity contribution in [3.05, 3.63) is 64.0 Å². The molecule has 0 atom stereocenters. The van der Waals surface area contributed by atoms with Crippen LogP contribution in [0.5, 0.6) is 5.75 Å². The number of para-hydroxylation sites is 1. The fraction of sp³-hybridized carbons (Fsp3) is 0.0667. The van der Waals surface area contributed by atoms with Gasteiger partial charge in [-0.25, -0.2) is 8.42 Å². The topological polar surface area (TPSA) is 43.4 Å². The molecule has 0 saturated heterocycles. The zero-order chi connectivity index (χ0) is 14.2. The summed E-state index contributed by atoms with van der Waals surface area (Å²) < 4.78 is 30.3. The summed E-state index contributed by atoms with van der Waals surface area (Å²) in [5.74, 6) is 0.630. The average Bonchev–Trinajstić information content (AvgIpc) is 2.70. The number of rotatable bonds is 3. The van der Waals surface area contributed by atoms with Crippen molar-refractivity contribution in [2.24, 2.45) is 0 Å². The molecule has 0 radical (unpaired) electrons. The lowest BCUT2D eigenvalue weighted by Crippen LogP contribution is -2.09. The summed E-state index contributed by atoms with van der Waals surface area (Å²) in [5.41, 5.74) is 0.615. The van der Waals surface area contributed by atoms with Gasteiger partial charge in [0.1, 0.15) is 12.4 Å². The first kappa shape index (κ1) is 13.2. The molecular weight excluding hydrogens is 296 g/mol. The molecule has 2 aromatic carbocycles. The number of hydrogen-bond acceptors (Lipinski definition) is 3. The van der Waals surface area contributed by atoms with Crippen molar-refractivity contribution in [2.45, 2.75) is 4.90 Å². The Hall–Kier alpha value is -1.78. The molecule has 0 spiro atoms. The Labute approximate surface area is 122 Å². The van der Waals surface area contributed by atoms with Gasteiger partial charge in [0.15, 0.2) is 0 Å². The third kappa shape index (κ3) is 2.21. The zero-order valence-electron chi connectivity index (χ0n) is 10.4. The highest BCUT2D eigenvalue weighted by molar-refractivity contribution is 7.96. The van der Waals surface area contributed by atoms with E-state index < -0.39 is 9.84 Å². The number of ether oxygens (including phenoxy) is 1. The summed E-state index contributed by atoms with van der Waals surface area (Å²) >= 11 is 5.98. The van der Waals surface area contributed by atoms with E-state index in [1.54, 1.807) is 36.4 Å². The first-order valence-electron chi connectivity index (χ1n) is 6.01. The molecule has 0 aliphatic carbocycles. The normalized spacial score (nSPS) is 15.6. The molecular formula is C15H11ClO3S. The van der Waals surface area contributed by atoms with E-state index in [1.807, 2.05) is 18.2 Å². The van der Waals surface area contributed by atoms with Crippen LogP contribution in [0.2, 0.25) is 5.02 Å². The first-order valence-corrected chi connectivity index (χ1v) is 7.87. The summed E-state index contributed by atoms with van der Waals surface area (Å²) in [6.45, 7) is -0.00262. The van der Waals surface area contributed by atoms with Crippen LogP contribution in [0.1, 0.15) is 5.56 Å². The lowest BCUT2D eigenvalue weighted by Gasteiger charge is -2.07. The second kappa shape index (κ2) is 4.96. The fourth-order valence-corrected chi connectivity index (χ4v) is 4.10. The monoisotopic (exact) mass is 306 g/mol. The molecule has 0 unspecified atom stereocenters. The van der Waals surface area contributed by atoms with E-state index >= 15 is 0 Å². The molecule has 3 rings (SSSR count). The van der Waals surface area contributed by atoms with Gasteiger partial charge in [0.25, 0.3) is 0 Å². The molecule has 20 heavy (non-hydrogen) atoms. The van der Waals surface area contributed by atoms with Crippen LogP contribution in [0.3, 0.4) is 0 Å². The second-order valence-corrected chi connectivity index (χ2v) is 6.72. The van der Waals surface area contributed by atoms with Crippen LogP contribution in [0.15, 0.2) is 58.3 Å². The van der Waals surface area contributed by atoms with Crippen LogP contribution in [-0.2, 0) is 9.84 Å². The van der Waals surface area contributed by atoms with Crippen LogP contribution in [0, 0.1) is 0 Å². The van der Waals surface area contributed by atoms with E-state index in [4.69, 9.17) is 16.3 Å². The van der Waals surface area contributed by atoms with Crippen LogP contribution < -0.4 is 4.74 Å². The van der Waals surface area contributed by atoms with Crippen molar-refractivity contribution >= 4 is 27.5 Å². The Morgan fingerprint density at radius 3 is 2.45 bits per heavy atom. The Morgan fingerprint density at radius 2 is 1.75 bits per heavy atom. The first-order chi connectivity index (χ1) is 9.59. The summed E-state index contributed by atoms with van der Waals surface area (Å²) in [6, 6.07) is 14.1. The minimum atomic E-state index is -3.54. The molecule has 0 aromatic heterocycles. The molecule has 0 N–H and O–H groups in total. The number of benzene rings is 2. The Balaban J connectivity index is 1.89. The van der Waals surface area contributed by atoms with Crippen molar-refractivity contribution in [1.29, 1.82) is 0 Å². The highest BCUT2D eigenvalue weighted by Gasteiger charge is 2.32. The summed E-state index contributed by atoms with van der Waals surface area (Å²) in [5, 5.41) is 0.244. The van der Waals surface area contributed by atoms with Gasteiger partial charge < -0.3 is 4.74 Å². The average molecular weight is 307 g/mol. The van der Waals surface area contributed by atoms with Crippen LogP contribution in [0.4, 0.5) is 0 Å². The van der Waals surface area contributed by atoms with Crippen molar-refractivity contribution in [2.75, 3.05) is 6.61 Å². The molecule has 1 aliphatic heterocycles. The third-order valence-electron chi connectivity index (χ3n) is 3.05. The van der Waals surface area contributed by atoms with E-state index in [-0.39, 0.29) is 21.4 Å². The minimum absolute atomic E-state index is 0.00262. The largest absolute Gasteiger partial charge is 0.488 e. The molecule has 0 bridgehead atoms. The maximum atomic E-state index is 12.4. The Bertz CT molecular complexity index is 780. The van der Waals surface area contributed by atoms with Gasteiger partial charge >= 0.3 is 0 Å². The van der Waals surface area contributed by atoms with Gasteiger partial charge in [-0.3, -0.25) is 0 Å². The van der Waals surface area contributed by atoms with E-state index in [0.717, 1.165) is 0 Å². The summed E-state index contributed by atoms with van der Waals surface area (Å²) in [7, 11) is -3.54. The maximum absolute atomic E-state index is 12.4. The molecule has 0 saturated carbocycles. The van der Waals surface area contributed by atoms with E-state index in [2.05, 4.69) is 0 Å². The lowest BCUT2D eigenvalue weighted by molar-refractivity contribution is 0.359. The second-order valence-electron chi connectivity index (χ2n) is 4.37. The standard InChI is InChI=1S/C15H11ClO3S/c16-14-8-4-5-11-9-13(20(17,18)15(11)14)10-19-12-6-2-1-3-7-12/h1-9H,10H2. The van der Waals surface area contributed by atoms with E-state index in [9.17, 15) is 8.42 Å².